The molecule has 0 heterocycles. The molecular formula is C9H14O3. The van der Waals surface area contributed by atoms with Crippen molar-refractivity contribution in [3.8, 4) is 0 Å². The molecule has 2 bridgehead atoms. The maximum Gasteiger partial charge on any atom is 0.183 e. The smallest absolute Gasteiger partial charge is 0.183 e. The van der Waals surface area contributed by atoms with Crippen molar-refractivity contribution in [2.45, 2.75) is 18.6 Å². The van der Waals surface area contributed by atoms with Crippen LogP contribution in [-0.2, 0) is 9.47 Å². The standard InChI is InChI=1S/C9H14O3/c1-11-9(12-2)6-3-4-7(9)8(10)5-6/h5-7,10H,3-4H2,1-2H3/t6-,7+/m1/s1. The van der Waals surface area contributed by atoms with E-state index in [0.717, 1.165) is 12.8 Å². The van der Waals surface area contributed by atoms with Crippen molar-refractivity contribution >= 4 is 0 Å². The van der Waals surface area contributed by atoms with Gasteiger partial charge in [0.15, 0.2) is 5.79 Å². The number of hydrogen-bond donors (Lipinski definition) is 1. The molecule has 1 N–H and O–H groups in total. The molecule has 2 aliphatic carbocycles. The van der Waals surface area contributed by atoms with Gasteiger partial charge in [0.25, 0.3) is 0 Å². The second kappa shape index (κ2) is 2.47. The largest absolute Gasteiger partial charge is 0.512 e. The second-order valence-corrected chi connectivity index (χ2v) is 3.46. The van der Waals surface area contributed by atoms with E-state index in [4.69, 9.17) is 9.47 Å². The van der Waals surface area contributed by atoms with Gasteiger partial charge in [-0.15, -0.1) is 0 Å². The van der Waals surface area contributed by atoms with Crippen LogP contribution in [0.1, 0.15) is 12.8 Å². The molecule has 2 atom stereocenters. The van der Waals surface area contributed by atoms with Crippen LogP contribution in [0.2, 0.25) is 0 Å². The van der Waals surface area contributed by atoms with Gasteiger partial charge in [0.2, 0.25) is 0 Å². The summed E-state index contributed by atoms with van der Waals surface area (Å²) in [6.45, 7) is 0. The minimum atomic E-state index is -0.565. The van der Waals surface area contributed by atoms with E-state index < -0.39 is 5.79 Å². The van der Waals surface area contributed by atoms with E-state index >= 15 is 0 Å². The summed E-state index contributed by atoms with van der Waals surface area (Å²) in [5.41, 5.74) is 0. The molecule has 0 saturated heterocycles. The maximum atomic E-state index is 9.52. The van der Waals surface area contributed by atoms with Gasteiger partial charge < -0.3 is 14.6 Å². The van der Waals surface area contributed by atoms with Crippen molar-refractivity contribution in [3.63, 3.8) is 0 Å². The normalized spacial score (nSPS) is 37.0. The zero-order valence-corrected chi connectivity index (χ0v) is 7.41. The number of aliphatic hydroxyl groups is 1. The molecule has 12 heavy (non-hydrogen) atoms. The molecule has 0 spiro atoms. The highest BCUT2D eigenvalue weighted by Gasteiger charge is 2.56. The molecule has 0 aromatic heterocycles. The topological polar surface area (TPSA) is 38.7 Å². The minimum absolute atomic E-state index is 0.0532. The van der Waals surface area contributed by atoms with Gasteiger partial charge in [-0.1, -0.05) is 0 Å². The van der Waals surface area contributed by atoms with Gasteiger partial charge in [-0.05, 0) is 18.9 Å². The van der Waals surface area contributed by atoms with Crippen molar-refractivity contribution in [2.24, 2.45) is 11.8 Å². The number of aliphatic hydroxyl groups excluding tert-OH is 1. The lowest BCUT2D eigenvalue weighted by Gasteiger charge is -2.31. The lowest BCUT2D eigenvalue weighted by Crippen LogP contribution is -2.40. The van der Waals surface area contributed by atoms with Gasteiger partial charge >= 0.3 is 0 Å². The highest BCUT2D eigenvalue weighted by molar-refractivity contribution is 5.21. The lowest BCUT2D eigenvalue weighted by atomic mass is 10.0. The molecule has 0 radical (unpaired) electrons. The predicted molar refractivity (Wildman–Crippen MR) is 43.7 cm³/mol. The van der Waals surface area contributed by atoms with Crippen LogP contribution in [0.3, 0.4) is 0 Å². The van der Waals surface area contributed by atoms with Crippen molar-refractivity contribution in [1.29, 1.82) is 0 Å². The van der Waals surface area contributed by atoms with Crippen LogP contribution >= 0.6 is 0 Å². The van der Waals surface area contributed by atoms with E-state index in [2.05, 4.69) is 0 Å². The predicted octanol–water partition coefficient (Wildman–Crippen LogP) is 1.46. The molecule has 0 unspecified atom stereocenters. The van der Waals surface area contributed by atoms with Crippen LogP contribution in [0.4, 0.5) is 0 Å². The number of hydrogen-bond acceptors (Lipinski definition) is 3. The fourth-order valence-electron chi connectivity index (χ4n) is 2.55. The van der Waals surface area contributed by atoms with E-state index in [9.17, 15) is 5.11 Å². The average molecular weight is 170 g/mol. The van der Waals surface area contributed by atoms with E-state index in [1.807, 2.05) is 6.08 Å². The van der Waals surface area contributed by atoms with Crippen molar-refractivity contribution in [2.75, 3.05) is 14.2 Å². The van der Waals surface area contributed by atoms with E-state index in [1.165, 1.54) is 0 Å². The third-order valence-electron chi connectivity index (χ3n) is 3.14. The first kappa shape index (κ1) is 8.08. The van der Waals surface area contributed by atoms with Gasteiger partial charge in [-0.2, -0.15) is 0 Å². The van der Waals surface area contributed by atoms with Crippen molar-refractivity contribution < 1.29 is 14.6 Å². The van der Waals surface area contributed by atoms with Gasteiger partial charge in [0.1, 0.15) is 0 Å². The van der Waals surface area contributed by atoms with Crippen molar-refractivity contribution in [1.82, 2.24) is 0 Å². The van der Waals surface area contributed by atoms with Crippen LogP contribution in [0, 0.1) is 11.8 Å². The Morgan fingerprint density at radius 3 is 2.33 bits per heavy atom. The Labute approximate surface area is 72.0 Å². The summed E-state index contributed by atoms with van der Waals surface area (Å²) in [6.07, 6.45) is 3.88. The summed E-state index contributed by atoms with van der Waals surface area (Å²) in [4.78, 5) is 0. The Hall–Kier alpha value is -0.540. The van der Waals surface area contributed by atoms with Crippen LogP contribution in [0.15, 0.2) is 11.8 Å². The number of methoxy groups -OCH3 is 2. The monoisotopic (exact) mass is 170 g/mol. The highest BCUT2D eigenvalue weighted by atomic mass is 16.7. The highest BCUT2D eigenvalue weighted by Crippen LogP contribution is 2.52. The molecule has 1 fully saturated rings. The maximum absolute atomic E-state index is 9.52. The fraction of sp³-hybridized carbons (Fsp3) is 0.778. The average Bonchev–Trinajstić information content (AvgIpc) is 2.56. The molecule has 1 saturated carbocycles. The second-order valence-electron chi connectivity index (χ2n) is 3.46. The first-order valence-corrected chi connectivity index (χ1v) is 4.25. The third kappa shape index (κ3) is 0.730. The number of rotatable bonds is 2. The fourth-order valence-corrected chi connectivity index (χ4v) is 2.55. The molecule has 2 aliphatic rings. The Balaban J connectivity index is 2.32. The zero-order valence-electron chi connectivity index (χ0n) is 7.41. The summed E-state index contributed by atoms with van der Waals surface area (Å²) >= 11 is 0. The number of fused-ring (bicyclic) bond motifs is 2. The minimum Gasteiger partial charge on any atom is -0.512 e. The summed E-state index contributed by atoms with van der Waals surface area (Å²) in [5.74, 6) is 0.161. The van der Waals surface area contributed by atoms with Crippen LogP contribution in [0.25, 0.3) is 0 Å². The first-order valence-electron chi connectivity index (χ1n) is 4.25. The molecule has 0 amide bonds. The van der Waals surface area contributed by atoms with Gasteiger partial charge in [-0.3, -0.25) is 0 Å². The quantitative estimate of drug-likeness (QED) is 0.637. The molecule has 2 rings (SSSR count). The Bertz CT molecular complexity index is 218. The SMILES string of the molecule is COC1(OC)[C@H]2C=C(O)[C@@H]1CC2. The molecule has 68 valence electrons. The summed E-state index contributed by atoms with van der Waals surface area (Å²) in [7, 11) is 3.28. The van der Waals surface area contributed by atoms with Crippen molar-refractivity contribution in [3.05, 3.63) is 11.8 Å². The summed E-state index contributed by atoms with van der Waals surface area (Å²) < 4.78 is 10.7. The molecule has 3 nitrogen and oxygen atoms in total. The molecule has 0 aromatic rings. The molecule has 0 aromatic carbocycles. The van der Waals surface area contributed by atoms with Crippen LogP contribution in [-0.4, -0.2) is 25.1 Å². The van der Waals surface area contributed by atoms with Gasteiger partial charge in [0, 0.05) is 20.1 Å². The molecular weight excluding hydrogens is 156 g/mol. The molecule has 0 aliphatic heterocycles. The van der Waals surface area contributed by atoms with E-state index in [0.29, 0.717) is 5.76 Å². The third-order valence-corrected chi connectivity index (χ3v) is 3.14. The summed E-state index contributed by atoms with van der Waals surface area (Å²) in [6, 6.07) is 0. The first-order chi connectivity index (χ1) is 5.74. The number of ether oxygens (including phenoxy) is 2. The lowest BCUT2D eigenvalue weighted by molar-refractivity contribution is -0.233. The van der Waals surface area contributed by atoms with Gasteiger partial charge in [0.05, 0.1) is 11.7 Å². The Morgan fingerprint density at radius 1 is 1.42 bits per heavy atom. The van der Waals surface area contributed by atoms with E-state index in [1.54, 1.807) is 14.2 Å². The Kier molecular flexibility index (Phi) is 1.66. The van der Waals surface area contributed by atoms with E-state index in [-0.39, 0.29) is 11.8 Å². The van der Waals surface area contributed by atoms with Crippen LogP contribution in [0.5, 0.6) is 0 Å². The zero-order chi connectivity index (χ0) is 8.77. The summed E-state index contributed by atoms with van der Waals surface area (Å²) in [5, 5.41) is 9.52. The molecule has 3 heteroatoms. The van der Waals surface area contributed by atoms with Gasteiger partial charge in [-0.25, -0.2) is 0 Å². The Morgan fingerprint density at radius 2 is 2.08 bits per heavy atom. The van der Waals surface area contributed by atoms with Crippen LogP contribution < -0.4 is 0 Å².